The standard InChI is InChI=1S/C29H31N5O2/c1-4-7-27-26(16-21-10-12-22(13-11-21)25-9-6-5-8-23(25)17-30)28(35)33(29-31-18-32-34(27)29)24-14-19(2)36-20(3)15-24/h5-6,8-13,18-20,24H,4,7,14-16H2,1-3H3. The number of hydrogen-bond acceptors (Lipinski definition) is 5. The Balaban J connectivity index is 1.57. The van der Waals surface area contributed by atoms with Crippen LogP contribution in [0.25, 0.3) is 16.9 Å². The molecule has 2 unspecified atom stereocenters. The summed E-state index contributed by atoms with van der Waals surface area (Å²) in [7, 11) is 0. The SMILES string of the molecule is CCCc1c(Cc2ccc(-c3ccccc3C#N)cc2)c(=O)n(C2CC(C)OC(C)C2)c2ncnn12. The first kappa shape index (κ1) is 24.0. The van der Waals surface area contributed by atoms with Crippen molar-refractivity contribution in [2.24, 2.45) is 0 Å². The minimum atomic E-state index is 0.0160. The van der Waals surface area contributed by atoms with Crippen LogP contribution in [0.3, 0.4) is 0 Å². The molecule has 0 amide bonds. The van der Waals surface area contributed by atoms with Gasteiger partial charge < -0.3 is 4.74 Å². The second kappa shape index (κ2) is 10.1. The molecule has 0 radical (unpaired) electrons. The Morgan fingerprint density at radius 3 is 2.50 bits per heavy atom. The van der Waals surface area contributed by atoms with Crippen LogP contribution in [-0.4, -0.2) is 31.4 Å². The Morgan fingerprint density at radius 2 is 1.81 bits per heavy atom. The van der Waals surface area contributed by atoms with E-state index < -0.39 is 0 Å². The predicted molar refractivity (Wildman–Crippen MR) is 139 cm³/mol. The Kier molecular flexibility index (Phi) is 6.71. The molecule has 0 bridgehead atoms. The quantitative estimate of drug-likeness (QED) is 0.382. The molecule has 2 atom stereocenters. The molecule has 7 heteroatoms. The zero-order chi connectivity index (χ0) is 25.2. The van der Waals surface area contributed by atoms with E-state index in [0.29, 0.717) is 17.8 Å². The molecule has 2 aromatic carbocycles. The lowest BCUT2D eigenvalue weighted by Gasteiger charge is -2.33. The fourth-order valence-electron chi connectivity index (χ4n) is 5.50. The van der Waals surface area contributed by atoms with Gasteiger partial charge in [0.1, 0.15) is 6.33 Å². The molecular weight excluding hydrogens is 450 g/mol. The highest BCUT2D eigenvalue weighted by atomic mass is 16.5. The van der Waals surface area contributed by atoms with Crippen LogP contribution in [-0.2, 0) is 17.6 Å². The van der Waals surface area contributed by atoms with Crippen LogP contribution in [0.15, 0.2) is 59.7 Å². The molecule has 1 aliphatic rings. The van der Waals surface area contributed by atoms with E-state index in [1.54, 1.807) is 6.33 Å². The van der Waals surface area contributed by atoms with Gasteiger partial charge in [-0.3, -0.25) is 9.36 Å². The van der Waals surface area contributed by atoms with Crippen molar-refractivity contribution in [2.75, 3.05) is 0 Å². The van der Waals surface area contributed by atoms with E-state index in [2.05, 4.69) is 36.9 Å². The molecule has 0 N–H and O–H groups in total. The van der Waals surface area contributed by atoms with Crippen molar-refractivity contribution in [3.05, 3.63) is 87.6 Å². The maximum atomic E-state index is 14.1. The summed E-state index contributed by atoms with van der Waals surface area (Å²) in [5, 5.41) is 14.0. The fourth-order valence-corrected chi connectivity index (χ4v) is 5.50. The third-order valence-corrected chi connectivity index (χ3v) is 7.04. The number of fused-ring (bicyclic) bond motifs is 1. The van der Waals surface area contributed by atoms with E-state index in [0.717, 1.165) is 53.6 Å². The van der Waals surface area contributed by atoms with Gasteiger partial charge in [-0.25, -0.2) is 4.52 Å². The molecule has 3 heterocycles. The van der Waals surface area contributed by atoms with Gasteiger partial charge in [-0.05, 0) is 55.9 Å². The molecular formula is C29H31N5O2. The van der Waals surface area contributed by atoms with Crippen molar-refractivity contribution in [3.8, 4) is 17.2 Å². The third kappa shape index (κ3) is 4.45. The molecule has 7 nitrogen and oxygen atoms in total. The van der Waals surface area contributed by atoms with Crippen LogP contribution < -0.4 is 5.56 Å². The molecule has 2 aromatic heterocycles. The summed E-state index contributed by atoms with van der Waals surface area (Å²) in [5.41, 5.74) is 5.30. The van der Waals surface area contributed by atoms with Crippen LogP contribution in [0.1, 0.15) is 68.5 Å². The largest absolute Gasteiger partial charge is 0.375 e. The average Bonchev–Trinajstić information content (AvgIpc) is 3.35. The van der Waals surface area contributed by atoms with Crippen molar-refractivity contribution < 1.29 is 4.74 Å². The Labute approximate surface area is 211 Å². The van der Waals surface area contributed by atoms with Gasteiger partial charge in [-0.15, -0.1) is 0 Å². The van der Waals surface area contributed by atoms with Crippen molar-refractivity contribution in [1.82, 2.24) is 19.2 Å². The summed E-state index contributed by atoms with van der Waals surface area (Å²) in [5.74, 6) is 0.613. The number of rotatable bonds is 6. The predicted octanol–water partition coefficient (Wildman–Crippen LogP) is 5.10. The second-order valence-electron chi connectivity index (χ2n) is 9.74. The van der Waals surface area contributed by atoms with Crippen molar-refractivity contribution >= 4 is 5.78 Å². The number of nitriles is 1. The van der Waals surface area contributed by atoms with Gasteiger partial charge >= 0.3 is 0 Å². The van der Waals surface area contributed by atoms with E-state index in [9.17, 15) is 10.1 Å². The smallest absolute Gasteiger partial charge is 0.259 e. The molecule has 1 fully saturated rings. The number of hydrogen-bond donors (Lipinski definition) is 0. The summed E-state index contributed by atoms with van der Waals surface area (Å²) in [4.78, 5) is 18.6. The third-order valence-electron chi connectivity index (χ3n) is 7.04. The van der Waals surface area contributed by atoms with Crippen LogP contribution in [0, 0.1) is 11.3 Å². The Morgan fingerprint density at radius 1 is 1.08 bits per heavy atom. The number of nitrogens with zero attached hydrogens (tertiary/aromatic N) is 5. The van der Waals surface area contributed by atoms with E-state index in [4.69, 9.17) is 4.74 Å². The first-order chi connectivity index (χ1) is 17.5. The Hall–Kier alpha value is -3.76. The zero-order valence-electron chi connectivity index (χ0n) is 21.0. The molecule has 1 saturated heterocycles. The Bertz CT molecular complexity index is 1470. The van der Waals surface area contributed by atoms with Gasteiger partial charge in [-0.1, -0.05) is 55.8 Å². The minimum absolute atomic E-state index is 0.0160. The summed E-state index contributed by atoms with van der Waals surface area (Å²) < 4.78 is 9.66. The minimum Gasteiger partial charge on any atom is -0.375 e. The van der Waals surface area contributed by atoms with Crippen LogP contribution in [0.4, 0.5) is 0 Å². The van der Waals surface area contributed by atoms with Crippen LogP contribution >= 0.6 is 0 Å². The molecule has 36 heavy (non-hydrogen) atoms. The van der Waals surface area contributed by atoms with Crippen molar-refractivity contribution in [3.63, 3.8) is 0 Å². The van der Waals surface area contributed by atoms with Crippen LogP contribution in [0.2, 0.25) is 0 Å². The highest BCUT2D eigenvalue weighted by Crippen LogP contribution is 2.30. The maximum Gasteiger partial charge on any atom is 0.259 e. The molecule has 5 rings (SSSR count). The van der Waals surface area contributed by atoms with E-state index >= 15 is 0 Å². The first-order valence-electron chi connectivity index (χ1n) is 12.7. The van der Waals surface area contributed by atoms with Gasteiger partial charge in [0.15, 0.2) is 0 Å². The highest BCUT2D eigenvalue weighted by molar-refractivity contribution is 5.70. The molecule has 1 aliphatic heterocycles. The zero-order valence-corrected chi connectivity index (χ0v) is 21.0. The molecule has 0 spiro atoms. The van der Waals surface area contributed by atoms with Crippen molar-refractivity contribution in [1.29, 1.82) is 5.26 Å². The van der Waals surface area contributed by atoms with E-state index in [-0.39, 0.29) is 23.8 Å². The van der Waals surface area contributed by atoms with Gasteiger partial charge in [0.25, 0.3) is 5.56 Å². The molecule has 0 saturated carbocycles. The number of aromatic nitrogens is 4. The average molecular weight is 482 g/mol. The second-order valence-corrected chi connectivity index (χ2v) is 9.74. The molecule has 0 aliphatic carbocycles. The summed E-state index contributed by atoms with van der Waals surface area (Å²) in [6.45, 7) is 6.24. The van der Waals surface area contributed by atoms with Gasteiger partial charge in [0, 0.05) is 18.0 Å². The molecule has 4 aromatic rings. The molecule has 184 valence electrons. The van der Waals surface area contributed by atoms with Crippen LogP contribution in [0.5, 0.6) is 0 Å². The lowest BCUT2D eigenvalue weighted by atomic mass is 9.96. The number of ether oxygens (including phenoxy) is 1. The van der Waals surface area contributed by atoms with Crippen molar-refractivity contribution in [2.45, 2.75) is 71.1 Å². The van der Waals surface area contributed by atoms with Gasteiger partial charge in [0.2, 0.25) is 5.78 Å². The topological polar surface area (TPSA) is 85.2 Å². The van der Waals surface area contributed by atoms with Gasteiger partial charge in [0.05, 0.1) is 29.5 Å². The fraction of sp³-hybridized carbons (Fsp3) is 0.379. The highest BCUT2D eigenvalue weighted by Gasteiger charge is 2.30. The number of aryl methyl sites for hydroxylation is 1. The van der Waals surface area contributed by atoms with E-state index in [1.165, 1.54) is 0 Å². The van der Waals surface area contributed by atoms with E-state index in [1.807, 2.05) is 57.6 Å². The monoisotopic (exact) mass is 481 g/mol. The van der Waals surface area contributed by atoms with Gasteiger partial charge in [-0.2, -0.15) is 15.3 Å². The first-order valence-corrected chi connectivity index (χ1v) is 12.7. The summed E-state index contributed by atoms with van der Waals surface area (Å²) in [6, 6.07) is 18.0. The maximum absolute atomic E-state index is 14.1. The summed E-state index contributed by atoms with van der Waals surface area (Å²) >= 11 is 0. The summed E-state index contributed by atoms with van der Waals surface area (Å²) in [6.07, 6.45) is 5.41. The number of benzene rings is 2. The lowest BCUT2D eigenvalue weighted by Crippen LogP contribution is -2.38. The normalized spacial score (nSPS) is 19.9. The lowest BCUT2D eigenvalue weighted by molar-refractivity contribution is -0.0488.